The van der Waals surface area contributed by atoms with E-state index >= 15 is 0 Å². The zero-order valence-corrected chi connectivity index (χ0v) is 30.0. The van der Waals surface area contributed by atoms with Crippen molar-refractivity contribution in [1.29, 1.82) is 0 Å². The second kappa shape index (κ2) is 17.9. The van der Waals surface area contributed by atoms with Crippen LogP contribution < -0.4 is 11.1 Å². The van der Waals surface area contributed by atoms with Crippen molar-refractivity contribution in [2.75, 3.05) is 32.0 Å². The fourth-order valence-corrected chi connectivity index (χ4v) is 7.28. The summed E-state index contributed by atoms with van der Waals surface area (Å²) in [7, 11) is 0. The van der Waals surface area contributed by atoms with Gasteiger partial charge < -0.3 is 20.9 Å². The number of aliphatic hydroxyl groups excluding tert-OH is 1. The molecule has 0 heterocycles. The van der Waals surface area contributed by atoms with Gasteiger partial charge in [0, 0.05) is 28.7 Å². The third kappa shape index (κ3) is 8.80. The van der Waals surface area contributed by atoms with Gasteiger partial charge in [0.05, 0.1) is 23.9 Å². The number of halogens is 1. The molecule has 3 aromatic rings. The Balaban J connectivity index is 1.51. The Kier molecular flexibility index (Phi) is 13.9. The summed E-state index contributed by atoms with van der Waals surface area (Å²) in [6.07, 6.45) is 7.48. The van der Waals surface area contributed by atoms with Crippen molar-refractivity contribution in [2.24, 2.45) is 0 Å². The predicted octanol–water partition coefficient (Wildman–Crippen LogP) is 7.04. The number of benzene rings is 3. The molecular formula is C39H50BrN3O5. The van der Waals surface area contributed by atoms with Crippen LogP contribution in [0.1, 0.15) is 104 Å². The number of carbonyl (C=O) groups is 3. The molecule has 1 fully saturated rings. The molecule has 3 aromatic carbocycles. The lowest BCUT2D eigenvalue weighted by atomic mass is 9.70. The number of Topliss-reactive ketones (excluding diaryl/α,β-unsaturated/α-hetero) is 2. The van der Waals surface area contributed by atoms with Crippen molar-refractivity contribution < 1.29 is 24.2 Å². The summed E-state index contributed by atoms with van der Waals surface area (Å²) in [5.41, 5.74) is 7.77. The Labute approximate surface area is 293 Å². The molecule has 0 radical (unpaired) electrons. The van der Waals surface area contributed by atoms with E-state index in [9.17, 15) is 19.5 Å². The summed E-state index contributed by atoms with van der Waals surface area (Å²) < 4.78 is 6.39. The van der Waals surface area contributed by atoms with Gasteiger partial charge in [-0.25, -0.2) is 4.79 Å². The summed E-state index contributed by atoms with van der Waals surface area (Å²) >= 11 is 3.55. The Morgan fingerprint density at radius 1 is 0.979 bits per heavy atom. The summed E-state index contributed by atoms with van der Waals surface area (Å²) in [5, 5.41) is 14.4. The van der Waals surface area contributed by atoms with Crippen molar-refractivity contribution in [3.63, 3.8) is 0 Å². The third-order valence-corrected chi connectivity index (χ3v) is 10.3. The van der Waals surface area contributed by atoms with Gasteiger partial charge in [-0.2, -0.15) is 0 Å². The predicted molar refractivity (Wildman–Crippen MR) is 194 cm³/mol. The van der Waals surface area contributed by atoms with Gasteiger partial charge in [0.25, 0.3) is 0 Å². The van der Waals surface area contributed by atoms with Crippen LogP contribution in [0.3, 0.4) is 0 Å². The van der Waals surface area contributed by atoms with Crippen LogP contribution in [0.4, 0.5) is 5.69 Å². The fraction of sp³-hybridized carbons (Fsp3) is 0.462. The Morgan fingerprint density at radius 2 is 1.62 bits per heavy atom. The number of hydrogen-bond acceptors (Lipinski definition) is 8. The van der Waals surface area contributed by atoms with E-state index in [4.69, 9.17) is 10.5 Å². The number of esters is 1. The number of rotatable bonds is 17. The fourth-order valence-electron chi connectivity index (χ4n) is 6.81. The molecule has 9 heteroatoms. The maximum absolute atomic E-state index is 14.4. The van der Waals surface area contributed by atoms with Gasteiger partial charge in [-0.3, -0.25) is 14.5 Å². The minimum absolute atomic E-state index is 0.00559. The first kappa shape index (κ1) is 37.4. The summed E-state index contributed by atoms with van der Waals surface area (Å²) in [4.78, 5) is 43.6. The first-order valence-corrected chi connectivity index (χ1v) is 18.0. The van der Waals surface area contributed by atoms with Gasteiger partial charge >= 0.3 is 5.97 Å². The molecule has 1 saturated carbocycles. The summed E-state index contributed by atoms with van der Waals surface area (Å²) in [6, 6.07) is 20.7. The highest BCUT2D eigenvalue weighted by molar-refractivity contribution is 9.10. The van der Waals surface area contributed by atoms with Crippen molar-refractivity contribution in [3.05, 3.63) is 99.5 Å². The number of nitrogens with two attached hydrogens (primary N) is 1. The standard InChI is InChI=1S/C39H50BrN3O5/c1-4-21-43(34(26-44)37(46)39(3,29-17-11-7-12-18-29)36(45)27-15-9-6-10-16-27)22-23-48-38(47)28-24-31(35(41)32(40)25-28)33(5-2)42-30-19-13-8-14-20-30/h6-7,9-12,15-18,24-25,30,33-34,42,44H,4-5,8,13-14,19-23,26,41H2,1-3H3. The molecule has 258 valence electrons. The Hall–Kier alpha value is -3.37. The van der Waals surface area contributed by atoms with Gasteiger partial charge in [-0.05, 0) is 78.3 Å². The monoisotopic (exact) mass is 719 g/mol. The van der Waals surface area contributed by atoms with E-state index < -0.39 is 29.8 Å². The Morgan fingerprint density at radius 3 is 2.23 bits per heavy atom. The van der Waals surface area contributed by atoms with E-state index in [1.807, 2.05) is 25.1 Å². The second-order valence-electron chi connectivity index (χ2n) is 12.8. The number of nitrogen functional groups attached to an aromatic ring is 1. The maximum Gasteiger partial charge on any atom is 0.338 e. The summed E-state index contributed by atoms with van der Waals surface area (Å²) in [6.45, 7) is 5.88. The number of anilines is 1. The van der Waals surface area contributed by atoms with E-state index in [-0.39, 0.29) is 25.0 Å². The first-order chi connectivity index (χ1) is 23.1. The molecule has 0 amide bonds. The lowest BCUT2D eigenvalue weighted by Gasteiger charge is -2.36. The highest BCUT2D eigenvalue weighted by Crippen LogP contribution is 2.34. The van der Waals surface area contributed by atoms with E-state index in [0.29, 0.717) is 45.9 Å². The van der Waals surface area contributed by atoms with Crippen LogP contribution in [-0.4, -0.2) is 65.9 Å². The van der Waals surface area contributed by atoms with Gasteiger partial charge in [0.1, 0.15) is 12.0 Å². The molecule has 0 saturated heterocycles. The van der Waals surface area contributed by atoms with Crippen molar-refractivity contribution >= 4 is 39.2 Å². The number of aliphatic hydroxyl groups is 1. The van der Waals surface area contributed by atoms with Gasteiger partial charge in [-0.1, -0.05) is 93.8 Å². The lowest BCUT2D eigenvalue weighted by molar-refractivity contribution is -0.129. The molecule has 3 atom stereocenters. The molecular weight excluding hydrogens is 670 g/mol. The molecule has 4 N–H and O–H groups in total. The highest BCUT2D eigenvalue weighted by atomic mass is 79.9. The van der Waals surface area contributed by atoms with Gasteiger partial charge in [0.15, 0.2) is 11.6 Å². The zero-order chi connectivity index (χ0) is 34.7. The maximum atomic E-state index is 14.4. The van der Waals surface area contributed by atoms with Gasteiger partial charge in [-0.15, -0.1) is 0 Å². The molecule has 0 bridgehead atoms. The van der Waals surface area contributed by atoms with E-state index in [1.54, 1.807) is 66.4 Å². The number of nitrogens with zero attached hydrogens (tertiary/aromatic N) is 1. The molecule has 48 heavy (non-hydrogen) atoms. The molecule has 0 spiro atoms. The lowest BCUT2D eigenvalue weighted by Crippen LogP contribution is -2.55. The molecule has 3 unspecified atom stereocenters. The highest BCUT2D eigenvalue weighted by Gasteiger charge is 2.47. The quantitative estimate of drug-likeness (QED) is 0.0588. The molecule has 4 rings (SSSR count). The minimum atomic E-state index is -1.55. The Bertz CT molecular complexity index is 1510. The normalized spacial score (nSPS) is 16.2. The first-order valence-electron chi connectivity index (χ1n) is 17.2. The number of nitrogens with one attached hydrogen (secondary N) is 1. The molecule has 8 nitrogen and oxygen atoms in total. The number of carbonyl (C=O) groups excluding carboxylic acids is 3. The van der Waals surface area contributed by atoms with Crippen LogP contribution in [0.2, 0.25) is 0 Å². The minimum Gasteiger partial charge on any atom is -0.461 e. The third-order valence-electron chi connectivity index (χ3n) is 9.60. The van der Waals surface area contributed by atoms with E-state index in [1.165, 1.54) is 19.3 Å². The SMILES string of the molecule is CCCN(CCOC(=O)c1cc(Br)c(N)c(C(CC)NC2CCCCC2)c1)C(CO)C(=O)C(C)(C(=O)c1ccccc1)c1ccccc1. The number of ketones is 2. The van der Waals surface area contributed by atoms with Crippen LogP contribution in [0.25, 0.3) is 0 Å². The smallest absolute Gasteiger partial charge is 0.338 e. The number of hydrogen-bond donors (Lipinski definition) is 3. The molecule has 1 aliphatic rings. The van der Waals surface area contributed by atoms with Crippen LogP contribution in [0.15, 0.2) is 77.3 Å². The van der Waals surface area contributed by atoms with E-state index in [2.05, 4.69) is 28.2 Å². The van der Waals surface area contributed by atoms with Crippen molar-refractivity contribution in [3.8, 4) is 0 Å². The van der Waals surface area contributed by atoms with E-state index in [0.717, 1.165) is 24.8 Å². The average molecular weight is 721 g/mol. The zero-order valence-electron chi connectivity index (χ0n) is 28.4. The van der Waals surface area contributed by atoms with Crippen LogP contribution in [-0.2, 0) is 14.9 Å². The van der Waals surface area contributed by atoms with Crippen LogP contribution in [0, 0.1) is 0 Å². The van der Waals surface area contributed by atoms with Gasteiger partial charge in [0.2, 0.25) is 0 Å². The largest absolute Gasteiger partial charge is 0.461 e. The van der Waals surface area contributed by atoms with Crippen molar-refractivity contribution in [1.82, 2.24) is 10.2 Å². The van der Waals surface area contributed by atoms with Crippen molar-refractivity contribution in [2.45, 2.75) is 89.3 Å². The molecule has 0 aromatic heterocycles. The molecule has 0 aliphatic heterocycles. The average Bonchev–Trinajstić information content (AvgIpc) is 3.12. The topological polar surface area (TPSA) is 122 Å². The van der Waals surface area contributed by atoms with Crippen LogP contribution in [0.5, 0.6) is 0 Å². The molecule has 1 aliphatic carbocycles. The number of ether oxygens (including phenoxy) is 1. The van der Waals surface area contributed by atoms with Crippen LogP contribution >= 0.6 is 15.9 Å². The summed E-state index contributed by atoms with van der Waals surface area (Å²) in [5.74, 6) is -1.25. The second-order valence-corrected chi connectivity index (χ2v) is 13.7.